The van der Waals surface area contributed by atoms with Crippen LogP contribution in [0.3, 0.4) is 0 Å². The van der Waals surface area contributed by atoms with E-state index >= 15 is 0 Å². The Bertz CT molecular complexity index is 1170. The standard InChI is InChI=1S/C22H25F3N4O/c1-21(2,3)13-29-16-9-10-18(26-19(16)27(4)20(29)30)28-11-5-6-14-7-8-15(12-17(14)28)22(23,24)25/h7-10,12H,5-6,11,13H2,1-4H3. The van der Waals surface area contributed by atoms with Crippen LogP contribution in [0.2, 0.25) is 0 Å². The van der Waals surface area contributed by atoms with Crippen LogP contribution in [0.5, 0.6) is 0 Å². The highest BCUT2D eigenvalue weighted by Crippen LogP contribution is 2.38. The molecule has 160 valence electrons. The quantitative estimate of drug-likeness (QED) is 0.596. The van der Waals surface area contributed by atoms with Gasteiger partial charge in [0.25, 0.3) is 0 Å². The molecule has 0 amide bonds. The SMILES string of the molecule is Cn1c(=O)n(CC(C)(C)C)c2ccc(N3CCCc4ccc(C(F)(F)F)cc43)nc21. The van der Waals surface area contributed by atoms with Crippen molar-refractivity contribution in [2.75, 3.05) is 11.4 Å². The molecule has 2 aromatic heterocycles. The first-order valence-corrected chi connectivity index (χ1v) is 10.00. The Balaban J connectivity index is 1.82. The van der Waals surface area contributed by atoms with Gasteiger partial charge >= 0.3 is 11.9 Å². The molecule has 1 aromatic carbocycles. The normalized spacial score (nSPS) is 15.0. The van der Waals surface area contributed by atoms with Crippen LogP contribution >= 0.6 is 0 Å². The number of pyridine rings is 1. The van der Waals surface area contributed by atoms with Gasteiger partial charge in [-0.25, -0.2) is 9.78 Å². The van der Waals surface area contributed by atoms with Gasteiger partial charge in [0, 0.05) is 25.8 Å². The van der Waals surface area contributed by atoms with Crippen molar-refractivity contribution in [3.63, 3.8) is 0 Å². The lowest BCUT2D eigenvalue weighted by atomic mass is 9.97. The molecule has 3 heterocycles. The van der Waals surface area contributed by atoms with Crippen molar-refractivity contribution in [3.8, 4) is 0 Å². The number of aromatic nitrogens is 3. The molecule has 3 aromatic rings. The number of benzene rings is 1. The summed E-state index contributed by atoms with van der Waals surface area (Å²) in [6, 6.07) is 7.51. The number of aryl methyl sites for hydroxylation is 2. The molecule has 0 aliphatic carbocycles. The topological polar surface area (TPSA) is 43.1 Å². The molecule has 0 saturated heterocycles. The molecule has 0 N–H and O–H groups in total. The van der Waals surface area contributed by atoms with Crippen LogP contribution in [-0.4, -0.2) is 20.7 Å². The summed E-state index contributed by atoms with van der Waals surface area (Å²) in [7, 11) is 1.67. The minimum Gasteiger partial charge on any atom is -0.326 e. The van der Waals surface area contributed by atoms with Crippen molar-refractivity contribution < 1.29 is 13.2 Å². The van der Waals surface area contributed by atoms with E-state index in [1.165, 1.54) is 10.6 Å². The first-order chi connectivity index (χ1) is 14.0. The molecule has 0 bridgehead atoms. The van der Waals surface area contributed by atoms with Crippen LogP contribution in [0.1, 0.15) is 38.3 Å². The van der Waals surface area contributed by atoms with Gasteiger partial charge in [0.1, 0.15) is 5.82 Å². The predicted molar refractivity (Wildman–Crippen MR) is 111 cm³/mol. The van der Waals surface area contributed by atoms with Crippen LogP contribution in [0, 0.1) is 5.41 Å². The molecule has 0 atom stereocenters. The number of hydrogen-bond donors (Lipinski definition) is 0. The van der Waals surface area contributed by atoms with E-state index < -0.39 is 11.7 Å². The molecular weight excluding hydrogens is 393 g/mol. The Morgan fingerprint density at radius 2 is 1.83 bits per heavy atom. The molecule has 0 saturated carbocycles. The second-order valence-corrected chi connectivity index (χ2v) is 9.10. The van der Waals surface area contributed by atoms with Crippen LogP contribution in [0.25, 0.3) is 11.2 Å². The number of nitrogens with zero attached hydrogens (tertiary/aromatic N) is 4. The van der Waals surface area contributed by atoms with Gasteiger partial charge in [0.2, 0.25) is 0 Å². The van der Waals surface area contributed by atoms with E-state index in [-0.39, 0.29) is 11.1 Å². The van der Waals surface area contributed by atoms with E-state index in [0.29, 0.717) is 30.2 Å². The van der Waals surface area contributed by atoms with E-state index in [0.717, 1.165) is 30.0 Å². The number of anilines is 2. The second-order valence-electron chi connectivity index (χ2n) is 9.10. The third-order valence-corrected chi connectivity index (χ3v) is 5.41. The fourth-order valence-corrected chi connectivity index (χ4v) is 4.03. The van der Waals surface area contributed by atoms with Crippen LogP contribution in [-0.2, 0) is 26.2 Å². The molecule has 0 unspecified atom stereocenters. The van der Waals surface area contributed by atoms with E-state index in [9.17, 15) is 18.0 Å². The van der Waals surface area contributed by atoms with Crippen LogP contribution in [0.4, 0.5) is 24.7 Å². The van der Waals surface area contributed by atoms with E-state index in [2.05, 4.69) is 25.8 Å². The third-order valence-electron chi connectivity index (χ3n) is 5.41. The molecule has 30 heavy (non-hydrogen) atoms. The van der Waals surface area contributed by atoms with Gasteiger partial charge in [-0.3, -0.25) is 9.13 Å². The Morgan fingerprint density at radius 1 is 1.10 bits per heavy atom. The number of halogens is 3. The first kappa shape index (κ1) is 20.5. The zero-order valence-corrected chi connectivity index (χ0v) is 17.5. The summed E-state index contributed by atoms with van der Waals surface area (Å²) < 4.78 is 43.0. The maximum absolute atomic E-state index is 13.3. The minimum absolute atomic E-state index is 0.0867. The maximum Gasteiger partial charge on any atom is 0.416 e. The van der Waals surface area contributed by atoms with Crippen molar-refractivity contribution in [1.82, 2.24) is 14.1 Å². The molecule has 0 radical (unpaired) electrons. The Morgan fingerprint density at radius 3 is 2.50 bits per heavy atom. The number of imidazole rings is 1. The molecule has 0 fully saturated rings. The lowest BCUT2D eigenvalue weighted by Gasteiger charge is -2.31. The van der Waals surface area contributed by atoms with Gasteiger partial charge in [0.05, 0.1) is 11.1 Å². The summed E-state index contributed by atoms with van der Waals surface area (Å²) in [5.74, 6) is 0.547. The Labute approximate surface area is 172 Å². The molecular formula is C22H25F3N4O. The molecule has 5 nitrogen and oxygen atoms in total. The lowest BCUT2D eigenvalue weighted by molar-refractivity contribution is -0.137. The Kier molecular flexibility index (Phi) is 4.71. The highest BCUT2D eigenvalue weighted by atomic mass is 19.4. The monoisotopic (exact) mass is 418 g/mol. The summed E-state index contributed by atoms with van der Waals surface area (Å²) in [6.07, 6.45) is -2.85. The summed E-state index contributed by atoms with van der Waals surface area (Å²) in [5.41, 5.74) is 1.75. The van der Waals surface area contributed by atoms with Crippen molar-refractivity contribution in [3.05, 3.63) is 51.9 Å². The molecule has 1 aliphatic rings. The van der Waals surface area contributed by atoms with Crippen LogP contribution < -0.4 is 10.6 Å². The average Bonchev–Trinajstić information content (AvgIpc) is 2.89. The zero-order chi connectivity index (χ0) is 21.8. The molecule has 1 aliphatic heterocycles. The number of hydrogen-bond acceptors (Lipinski definition) is 3. The minimum atomic E-state index is -4.40. The van der Waals surface area contributed by atoms with E-state index in [4.69, 9.17) is 0 Å². The average molecular weight is 418 g/mol. The molecule has 0 spiro atoms. The van der Waals surface area contributed by atoms with Crippen molar-refractivity contribution >= 4 is 22.7 Å². The van der Waals surface area contributed by atoms with E-state index in [1.54, 1.807) is 23.7 Å². The van der Waals surface area contributed by atoms with E-state index in [1.807, 2.05) is 11.0 Å². The van der Waals surface area contributed by atoms with Crippen molar-refractivity contribution in [2.45, 2.75) is 46.3 Å². The smallest absolute Gasteiger partial charge is 0.326 e. The fraction of sp³-hybridized carbons (Fsp3) is 0.455. The summed E-state index contributed by atoms with van der Waals surface area (Å²) in [4.78, 5) is 19.3. The van der Waals surface area contributed by atoms with Gasteiger partial charge < -0.3 is 4.90 Å². The molecule has 8 heteroatoms. The Hall–Kier alpha value is -2.77. The third kappa shape index (κ3) is 3.59. The zero-order valence-electron chi connectivity index (χ0n) is 17.5. The highest BCUT2D eigenvalue weighted by molar-refractivity contribution is 5.76. The second kappa shape index (κ2) is 6.89. The fourth-order valence-electron chi connectivity index (χ4n) is 4.03. The van der Waals surface area contributed by atoms with Crippen molar-refractivity contribution in [1.29, 1.82) is 0 Å². The summed E-state index contributed by atoms with van der Waals surface area (Å²) >= 11 is 0. The van der Waals surface area contributed by atoms with Gasteiger partial charge in [-0.15, -0.1) is 0 Å². The summed E-state index contributed by atoms with van der Waals surface area (Å²) in [5, 5.41) is 0. The van der Waals surface area contributed by atoms with Gasteiger partial charge in [-0.2, -0.15) is 13.2 Å². The summed E-state index contributed by atoms with van der Waals surface area (Å²) in [6.45, 7) is 7.30. The lowest BCUT2D eigenvalue weighted by Crippen LogP contribution is -2.27. The number of fused-ring (bicyclic) bond motifs is 2. The van der Waals surface area contributed by atoms with Crippen LogP contribution in [0.15, 0.2) is 35.1 Å². The van der Waals surface area contributed by atoms with Gasteiger partial charge in [0.15, 0.2) is 5.65 Å². The highest BCUT2D eigenvalue weighted by Gasteiger charge is 2.32. The first-order valence-electron chi connectivity index (χ1n) is 10.00. The predicted octanol–water partition coefficient (Wildman–Crippen LogP) is 4.88. The largest absolute Gasteiger partial charge is 0.416 e. The van der Waals surface area contributed by atoms with Gasteiger partial charge in [-0.1, -0.05) is 26.8 Å². The molecule has 4 rings (SSSR count). The van der Waals surface area contributed by atoms with Gasteiger partial charge in [-0.05, 0) is 48.1 Å². The number of alkyl halides is 3. The van der Waals surface area contributed by atoms with Crippen molar-refractivity contribution in [2.24, 2.45) is 12.5 Å². The maximum atomic E-state index is 13.3. The number of rotatable bonds is 2.